The fraction of sp³-hybridized carbons (Fsp3) is 0.0938. The van der Waals surface area contributed by atoms with Gasteiger partial charge in [-0.1, -0.05) is 171 Å². The van der Waals surface area contributed by atoms with Crippen LogP contribution in [0, 0.1) is 24.3 Å². The van der Waals surface area contributed by atoms with Crippen LogP contribution in [0.25, 0.3) is 45.0 Å². The second-order valence-corrected chi connectivity index (χ2v) is 20.7. The molecule has 70 heavy (non-hydrogen) atoms. The zero-order chi connectivity index (χ0) is 46.3. The van der Waals surface area contributed by atoms with Crippen molar-refractivity contribution in [1.82, 2.24) is 9.97 Å². The minimum atomic E-state index is -0.252. The van der Waals surface area contributed by atoms with E-state index in [4.69, 9.17) is 0 Å². The van der Waals surface area contributed by atoms with Gasteiger partial charge in [-0.05, 0) is 85.0 Å². The number of hydrogen-bond acceptors (Lipinski definition) is 2. The molecular formula is C64H54Au2N2P2+2. The van der Waals surface area contributed by atoms with E-state index in [0.717, 1.165) is 45.0 Å². The van der Waals surface area contributed by atoms with Crippen LogP contribution in [-0.4, -0.2) is 22.3 Å². The Morgan fingerprint density at radius 3 is 0.729 bits per heavy atom. The SMILES string of the molecule is [Au+3].[Au+3].[c-]1ccccc1-c1cccc(-c2[c-]cccc2)n1.[c-]1ccccc1-c1cccc(-c2[c-]cccc2)n1.c1ccc(P(CCCCCCP(c2ccccc2)c2ccccc2)c2ccccc2)cc1. The first-order valence-electron chi connectivity index (χ1n) is 23.4. The van der Waals surface area contributed by atoms with E-state index < -0.39 is 0 Å². The van der Waals surface area contributed by atoms with Crippen molar-refractivity contribution in [3.8, 4) is 45.0 Å². The third kappa shape index (κ3) is 16.5. The van der Waals surface area contributed by atoms with E-state index in [1.54, 1.807) is 0 Å². The number of nitrogens with zero attached hydrogens (tertiary/aromatic N) is 2. The fourth-order valence-electron chi connectivity index (χ4n) is 7.82. The summed E-state index contributed by atoms with van der Waals surface area (Å²) in [4.78, 5) is 9.30. The number of unbranched alkanes of at least 4 members (excludes halogenated alkanes) is 3. The van der Waals surface area contributed by atoms with E-state index in [2.05, 4.69) is 156 Å². The molecule has 350 valence electrons. The van der Waals surface area contributed by atoms with Crippen molar-refractivity contribution in [3.05, 3.63) is 279 Å². The van der Waals surface area contributed by atoms with Crippen LogP contribution in [-0.2, 0) is 44.8 Å². The summed E-state index contributed by atoms with van der Waals surface area (Å²) in [6.45, 7) is 0. The molecule has 0 spiro atoms. The topological polar surface area (TPSA) is 25.8 Å². The Morgan fingerprint density at radius 1 is 0.257 bits per heavy atom. The Hall–Kier alpha value is -5.60. The van der Waals surface area contributed by atoms with Crippen molar-refractivity contribution in [1.29, 1.82) is 0 Å². The maximum Gasteiger partial charge on any atom is 3.00 e. The summed E-state index contributed by atoms with van der Waals surface area (Å²) in [6.07, 6.45) is 7.84. The van der Waals surface area contributed by atoms with Gasteiger partial charge in [0.1, 0.15) is 0 Å². The van der Waals surface area contributed by atoms with Gasteiger partial charge in [-0.3, -0.25) is 0 Å². The molecule has 2 nitrogen and oxygen atoms in total. The molecule has 0 aliphatic rings. The molecule has 0 N–H and O–H groups in total. The van der Waals surface area contributed by atoms with Crippen LogP contribution in [0.4, 0.5) is 0 Å². The Bertz CT molecular complexity index is 2540. The summed E-state index contributed by atoms with van der Waals surface area (Å²) in [7, 11) is -0.505. The van der Waals surface area contributed by atoms with Crippen molar-refractivity contribution in [2.24, 2.45) is 0 Å². The van der Waals surface area contributed by atoms with Gasteiger partial charge in [0.05, 0.1) is 0 Å². The third-order valence-electron chi connectivity index (χ3n) is 11.2. The Balaban J connectivity index is 0.000000181. The van der Waals surface area contributed by atoms with E-state index in [1.807, 2.05) is 133 Å². The molecule has 0 bridgehead atoms. The average Bonchev–Trinajstić information content (AvgIpc) is 3.44. The summed E-state index contributed by atoms with van der Waals surface area (Å²) in [6, 6.07) is 101. The first-order chi connectivity index (χ1) is 33.8. The second kappa shape index (κ2) is 30.2. The van der Waals surface area contributed by atoms with Gasteiger partial charge in [0.15, 0.2) is 0 Å². The summed E-state index contributed by atoms with van der Waals surface area (Å²) in [5.74, 6) is 0. The first-order valence-corrected chi connectivity index (χ1v) is 26.4. The van der Waals surface area contributed by atoms with Gasteiger partial charge in [0, 0.05) is 0 Å². The minimum Gasteiger partial charge on any atom is -0.345 e. The Morgan fingerprint density at radius 2 is 0.500 bits per heavy atom. The standard InChI is InChI=1S/C30H32P2.2C17H11N.2Au/c1(15-25-31(27-17-7-3-8-18-27)28-19-9-4-10-20-28)2-16-26-32(29-21-11-5-12-22-29)30-23-13-6-14-24-30;2*1-3-8-14(9-4-1)16-12-7-13-17(18-16)15-10-5-2-6-11-15;;/h3-14,17-24H,1-2,15-16,25-26H2;2*1-8,10,12-13H;;/q;2*-2;2*+3. The number of pyridine rings is 2. The summed E-state index contributed by atoms with van der Waals surface area (Å²) < 4.78 is 0. The zero-order valence-corrected chi connectivity index (χ0v) is 45.0. The molecule has 0 unspecified atom stereocenters. The van der Waals surface area contributed by atoms with Crippen LogP contribution in [0.2, 0.25) is 0 Å². The van der Waals surface area contributed by atoms with Gasteiger partial charge < -0.3 is 9.97 Å². The van der Waals surface area contributed by atoms with E-state index in [0.29, 0.717) is 0 Å². The Labute approximate surface area is 450 Å². The average molecular weight is 1310 g/mol. The maximum absolute atomic E-state index is 4.65. The van der Waals surface area contributed by atoms with Crippen molar-refractivity contribution < 1.29 is 44.8 Å². The molecule has 6 heteroatoms. The van der Waals surface area contributed by atoms with Gasteiger partial charge in [-0.15, -0.1) is 144 Å². The van der Waals surface area contributed by atoms with Crippen molar-refractivity contribution in [2.75, 3.05) is 12.3 Å². The molecule has 0 atom stereocenters. The summed E-state index contributed by atoms with van der Waals surface area (Å²) in [5, 5.41) is 6.02. The zero-order valence-electron chi connectivity index (χ0n) is 38.9. The molecule has 8 aromatic carbocycles. The third-order valence-corrected chi connectivity index (χ3v) is 16.4. The van der Waals surface area contributed by atoms with E-state index in [1.165, 1.54) is 59.2 Å². The fourth-order valence-corrected chi connectivity index (χ4v) is 12.7. The minimum absolute atomic E-state index is 0. The quantitative estimate of drug-likeness (QED) is 0.0442. The molecule has 10 rings (SSSR count). The van der Waals surface area contributed by atoms with Crippen molar-refractivity contribution in [3.63, 3.8) is 0 Å². The number of benzene rings is 8. The second-order valence-electron chi connectivity index (χ2n) is 16.0. The van der Waals surface area contributed by atoms with Crippen LogP contribution in [0.15, 0.2) is 255 Å². The number of hydrogen-bond donors (Lipinski definition) is 0. The van der Waals surface area contributed by atoms with Crippen LogP contribution in [0.1, 0.15) is 25.7 Å². The number of aromatic nitrogens is 2. The van der Waals surface area contributed by atoms with E-state index >= 15 is 0 Å². The maximum atomic E-state index is 4.65. The summed E-state index contributed by atoms with van der Waals surface area (Å²) >= 11 is 0. The first kappa shape index (κ1) is 53.7. The molecule has 0 saturated heterocycles. The number of rotatable bonds is 15. The van der Waals surface area contributed by atoms with Gasteiger partial charge in [0.2, 0.25) is 0 Å². The van der Waals surface area contributed by atoms with Crippen LogP contribution in [0.5, 0.6) is 0 Å². The molecular weight excluding hydrogens is 1250 g/mol. The molecule has 0 radical (unpaired) electrons. The Kier molecular flexibility index (Phi) is 23.2. The molecule has 0 aliphatic heterocycles. The van der Waals surface area contributed by atoms with E-state index in [9.17, 15) is 0 Å². The molecule has 0 amide bonds. The molecule has 0 fully saturated rings. The predicted molar refractivity (Wildman–Crippen MR) is 292 cm³/mol. The van der Waals surface area contributed by atoms with Crippen LogP contribution >= 0.6 is 15.8 Å². The summed E-state index contributed by atoms with van der Waals surface area (Å²) in [5.41, 5.74) is 7.78. The normalized spacial score (nSPS) is 10.4. The largest absolute Gasteiger partial charge is 3.00 e. The molecule has 0 aliphatic carbocycles. The van der Waals surface area contributed by atoms with Crippen LogP contribution < -0.4 is 21.2 Å². The van der Waals surface area contributed by atoms with Gasteiger partial charge >= 0.3 is 44.8 Å². The van der Waals surface area contributed by atoms with Crippen molar-refractivity contribution in [2.45, 2.75) is 25.7 Å². The molecule has 2 aromatic heterocycles. The van der Waals surface area contributed by atoms with Gasteiger partial charge in [-0.25, -0.2) is 0 Å². The van der Waals surface area contributed by atoms with Crippen molar-refractivity contribution >= 4 is 37.1 Å². The molecule has 0 saturated carbocycles. The predicted octanol–water partition coefficient (Wildman–Crippen LogP) is 14.8. The van der Waals surface area contributed by atoms with Crippen LogP contribution in [0.3, 0.4) is 0 Å². The monoisotopic (exact) mass is 1310 g/mol. The molecule has 2 heterocycles. The smallest absolute Gasteiger partial charge is 0.345 e. The molecule has 10 aromatic rings. The van der Waals surface area contributed by atoms with Gasteiger partial charge in [-0.2, -0.15) is 0 Å². The van der Waals surface area contributed by atoms with E-state index in [-0.39, 0.29) is 60.6 Å². The van der Waals surface area contributed by atoms with Gasteiger partial charge in [0.25, 0.3) is 0 Å².